The molecular formula is C20H27Cl2N3O2. The summed E-state index contributed by atoms with van der Waals surface area (Å²) in [5, 5.41) is 3.55. The van der Waals surface area contributed by atoms with Crippen molar-refractivity contribution in [2.24, 2.45) is 5.92 Å². The summed E-state index contributed by atoms with van der Waals surface area (Å²) in [6.07, 6.45) is 3.00. The lowest BCUT2D eigenvalue weighted by Crippen LogP contribution is -2.53. The lowest BCUT2D eigenvalue weighted by molar-refractivity contribution is 0.0736. The Bertz CT molecular complexity index is 745. The first-order chi connectivity index (χ1) is 12.5. The van der Waals surface area contributed by atoms with Crippen molar-refractivity contribution in [3.8, 4) is 17.6 Å². The second-order valence-electron chi connectivity index (χ2n) is 7.10. The number of fused-ring (bicyclic) bond motifs is 2. The molecule has 2 aliphatic rings. The highest BCUT2D eigenvalue weighted by Crippen LogP contribution is 2.31. The number of piperidine rings is 2. The van der Waals surface area contributed by atoms with Crippen molar-refractivity contribution in [1.29, 1.82) is 0 Å². The van der Waals surface area contributed by atoms with Crippen molar-refractivity contribution >= 4 is 35.6 Å². The standard InChI is InChI=1S/C20H26ClN3O2.ClH/c1-3-5-13(2)26-19-11-17(22)16(21)10-15(19)20(25)23-18-7-9-24-8-4-6-14(18)12-24;/h10-11,13-14,18H,4,6-9,12,22H2,1-2H3,(H,23,25);1H/t13-,14?,18-;/m0./s1. The molecule has 1 aromatic carbocycles. The normalized spacial score (nSPS) is 24.6. The molecule has 2 bridgehead atoms. The number of amides is 1. The summed E-state index contributed by atoms with van der Waals surface area (Å²) in [6.45, 7) is 6.87. The van der Waals surface area contributed by atoms with Gasteiger partial charge in [-0.1, -0.05) is 17.5 Å². The Morgan fingerprint density at radius 2 is 2.19 bits per heavy atom. The minimum Gasteiger partial charge on any atom is -0.477 e. The van der Waals surface area contributed by atoms with Gasteiger partial charge in [0.2, 0.25) is 0 Å². The SMILES string of the molecule is CC#C[C@H](C)Oc1cc(N)c(Cl)cc1C(=O)N[C@H]1CCN2CCCC1C2.Cl. The summed E-state index contributed by atoms with van der Waals surface area (Å²) in [6, 6.07) is 3.38. The van der Waals surface area contributed by atoms with Crippen molar-refractivity contribution in [2.45, 2.75) is 45.3 Å². The van der Waals surface area contributed by atoms with E-state index in [1.807, 2.05) is 6.92 Å². The highest BCUT2D eigenvalue weighted by molar-refractivity contribution is 6.33. The van der Waals surface area contributed by atoms with E-state index in [9.17, 15) is 4.79 Å². The lowest BCUT2D eigenvalue weighted by atomic mass is 9.85. The van der Waals surface area contributed by atoms with E-state index in [0.717, 1.165) is 25.9 Å². The van der Waals surface area contributed by atoms with Crippen LogP contribution < -0.4 is 15.8 Å². The Labute approximate surface area is 172 Å². The van der Waals surface area contributed by atoms with Crippen LogP contribution in [0, 0.1) is 17.8 Å². The molecule has 5 nitrogen and oxygen atoms in total. The third kappa shape index (κ3) is 5.22. The van der Waals surface area contributed by atoms with Crippen LogP contribution in [0.1, 0.15) is 43.5 Å². The van der Waals surface area contributed by atoms with Gasteiger partial charge in [-0.25, -0.2) is 0 Å². The van der Waals surface area contributed by atoms with Gasteiger partial charge in [0.1, 0.15) is 5.75 Å². The molecule has 2 fully saturated rings. The molecule has 2 aliphatic heterocycles. The zero-order valence-corrected chi connectivity index (χ0v) is 17.3. The average molecular weight is 412 g/mol. The molecule has 3 rings (SSSR count). The maximum absolute atomic E-state index is 13.0. The molecule has 0 radical (unpaired) electrons. The van der Waals surface area contributed by atoms with E-state index in [1.54, 1.807) is 19.1 Å². The molecule has 0 aromatic heterocycles. The molecule has 7 heteroatoms. The molecule has 1 amide bonds. The molecule has 0 spiro atoms. The fourth-order valence-corrected chi connectivity index (χ4v) is 4.05. The zero-order valence-electron chi connectivity index (χ0n) is 15.8. The summed E-state index contributed by atoms with van der Waals surface area (Å²) in [5.41, 5.74) is 6.70. The number of halogens is 2. The first-order valence-corrected chi connectivity index (χ1v) is 9.57. The van der Waals surface area contributed by atoms with Crippen LogP contribution in [0.3, 0.4) is 0 Å². The average Bonchev–Trinajstić information content (AvgIpc) is 2.61. The largest absolute Gasteiger partial charge is 0.477 e. The maximum Gasteiger partial charge on any atom is 0.255 e. The topological polar surface area (TPSA) is 67.6 Å². The van der Waals surface area contributed by atoms with Crippen LogP contribution >= 0.6 is 24.0 Å². The van der Waals surface area contributed by atoms with E-state index in [2.05, 4.69) is 22.1 Å². The number of nitrogens with two attached hydrogens (primary N) is 1. The van der Waals surface area contributed by atoms with Gasteiger partial charge < -0.3 is 20.7 Å². The van der Waals surface area contributed by atoms with Crippen molar-refractivity contribution in [3.63, 3.8) is 0 Å². The number of hydrogen-bond donors (Lipinski definition) is 2. The molecule has 2 unspecified atom stereocenters. The first kappa shape index (κ1) is 21.7. The molecule has 27 heavy (non-hydrogen) atoms. The molecule has 0 saturated carbocycles. The number of carbonyl (C=O) groups is 1. The smallest absolute Gasteiger partial charge is 0.255 e. The van der Waals surface area contributed by atoms with Crippen LogP contribution in [-0.2, 0) is 0 Å². The van der Waals surface area contributed by atoms with Crippen LogP contribution in [0.25, 0.3) is 0 Å². The second-order valence-corrected chi connectivity index (χ2v) is 7.50. The highest BCUT2D eigenvalue weighted by atomic mass is 35.5. The van der Waals surface area contributed by atoms with Crippen LogP contribution in [0.15, 0.2) is 12.1 Å². The molecule has 1 aromatic rings. The Balaban J connectivity index is 0.00000261. The molecule has 2 saturated heterocycles. The number of benzene rings is 1. The number of nitrogen functional groups attached to an aromatic ring is 1. The number of nitrogens with one attached hydrogen (secondary N) is 1. The number of ether oxygens (including phenoxy) is 1. The predicted octanol–water partition coefficient (Wildman–Crippen LogP) is 3.35. The summed E-state index contributed by atoms with van der Waals surface area (Å²) in [4.78, 5) is 15.4. The number of rotatable bonds is 4. The van der Waals surface area contributed by atoms with Gasteiger partial charge in [-0.15, -0.1) is 18.3 Å². The quantitative estimate of drug-likeness (QED) is 0.588. The van der Waals surface area contributed by atoms with Gasteiger partial charge in [0.05, 0.1) is 16.3 Å². The van der Waals surface area contributed by atoms with Crippen LogP contribution in [0.5, 0.6) is 5.75 Å². The third-order valence-corrected chi connectivity index (χ3v) is 5.51. The molecular weight excluding hydrogens is 385 g/mol. The molecule has 0 aliphatic carbocycles. The van der Waals surface area contributed by atoms with Gasteiger partial charge in [-0.3, -0.25) is 4.79 Å². The van der Waals surface area contributed by atoms with E-state index >= 15 is 0 Å². The van der Waals surface area contributed by atoms with Crippen molar-refractivity contribution in [3.05, 3.63) is 22.7 Å². The molecule has 148 valence electrons. The van der Waals surface area contributed by atoms with Gasteiger partial charge in [-0.05, 0) is 51.6 Å². The number of hydrogen-bond acceptors (Lipinski definition) is 4. The van der Waals surface area contributed by atoms with Gasteiger partial charge >= 0.3 is 0 Å². The fourth-order valence-electron chi connectivity index (χ4n) is 3.88. The van der Waals surface area contributed by atoms with Crippen molar-refractivity contribution in [1.82, 2.24) is 10.2 Å². The molecule has 4 atom stereocenters. The highest BCUT2D eigenvalue weighted by Gasteiger charge is 2.33. The van der Waals surface area contributed by atoms with E-state index in [4.69, 9.17) is 22.1 Å². The van der Waals surface area contributed by atoms with Gasteiger partial charge in [0.25, 0.3) is 5.91 Å². The number of carbonyl (C=O) groups excluding carboxylic acids is 1. The minimum atomic E-state index is -0.339. The number of nitrogens with zero attached hydrogens (tertiary/aromatic N) is 1. The summed E-state index contributed by atoms with van der Waals surface area (Å²) < 4.78 is 5.83. The third-order valence-electron chi connectivity index (χ3n) is 5.18. The summed E-state index contributed by atoms with van der Waals surface area (Å²) in [7, 11) is 0. The number of anilines is 1. The Morgan fingerprint density at radius 1 is 1.41 bits per heavy atom. The maximum atomic E-state index is 13.0. The second kappa shape index (κ2) is 9.54. The van der Waals surface area contributed by atoms with Crippen molar-refractivity contribution < 1.29 is 9.53 Å². The lowest BCUT2D eigenvalue weighted by Gasteiger charge is -2.42. The van der Waals surface area contributed by atoms with Gasteiger partial charge in [0.15, 0.2) is 6.10 Å². The summed E-state index contributed by atoms with van der Waals surface area (Å²) >= 11 is 6.16. The fraction of sp³-hybridized carbons (Fsp3) is 0.550. The van der Waals surface area contributed by atoms with Gasteiger partial charge in [0, 0.05) is 25.2 Å². The predicted molar refractivity (Wildman–Crippen MR) is 112 cm³/mol. The molecule has 3 N–H and O–H groups in total. The van der Waals surface area contributed by atoms with Crippen LogP contribution in [-0.4, -0.2) is 42.6 Å². The van der Waals surface area contributed by atoms with Crippen LogP contribution in [0.4, 0.5) is 5.69 Å². The van der Waals surface area contributed by atoms with Crippen molar-refractivity contribution in [2.75, 3.05) is 25.4 Å². The molecule has 2 heterocycles. The van der Waals surface area contributed by atoms with Gasteiger partial charge in [-0.2, -0.15) is 0 Å². The Hall–Kier alpha value is -1.61. The Kier molecular flexibility index (Phi) is 7.67. The zero-order chi connectivity index (χ0) is 18.7. The van der Waals surface area contributed by atoms with E-state index in [-0.39, 0.29) is 30.5 Å². The monoisotopic (exact) mass is 411 g/mol. The first-order valence-electron chi connectivity index (χ1n) is 9.19. The summed E-state index contributed by atoms with van der Waals surface area (Å²) in [5.74, 6) is 6.50. The van der Waals surface area contributed by atoms with E-state index < -0.39 is 0 Å². The van der Waals surface area contributed by atoms with Crippen LogP contribution in [0.2, 0.25) is 5.02 Å². The Morgan fingerprint density at radius 3 is 2.93 bits per heavy atom. The minimum absolute atomic E-state index is 0. The van der Waals surface area contributed by atoms with E-state index in [0.29, 0.717) is 27.9 Å². The van der Waals surface area contributed by atoms with E-state index in [1.165, 1.54) is 13.0 Å².